The van der Waals surface area contributed by atoms with Crippen molar-refractivity contribution in [2.24, 2.45) is 0 Å². The molecule has 0 unspecified atom stereocenters. The van der Waals surface area contributed by atoms with Crippen molar-refractivity contribution in [1.82, 2.24) is 9.78 Å². The van der Waals surface area contributed by atoms with E-state index in [9.17, 15) is 4.39 Å². The third-order valence-corrected chi connectivity index (χ3v) is 2.53. The van der Waals surface area contributed by atoms with Crippen LogP contribution >= 0.6 is 11.6 Å². The Morgan fingerprint density at radius 2 is 2.18 bits per heavy atom. The van der Waals surface area contributed by atoms with Crippen LogP contribution in [0.3, 0.4) is 0 Å². The normalized spacial score (nSPS) is 10.6. The van der Waals surface area contributed by atoms with Crippen LogP contribution in [-0.4, -0.2) is 26.9 Å². The van der Waals surface area contributed by atoms with E-state index in [0.29, 0.717) is 10.6 Å². The quantitative estimate of drug-likeness (QED) is 0.780. The summed E-state index contributed by atoms with van der Waals surface area (Å²) in [5.74, 6) is -0.379. The van der Waals surface area contributed by atoms with Gasteiger partial charge < -0.3 is 10.0 Å². The summed E-state index contributed by atoms with van der Waals surface area (Å²) < 4.78 is 14.8. The second kappa shape index (κ2) is 4.87. The van der Waals surface area contributed by atoms with Crippen LogP contribution in [0.2, 0.25) is 5.02 Å². The molecule has 2 aromatic rings. The largest absolute Gasteiger partial charge is 0.491 e. The highest BCUT2D eigenvalue weighted by molar-refractivity contribution is 6.58. The molecule has 2 N–H and O–H groups in total. The van der Waals surface area contributed by atoms with Crippen molar-refractivity contribution < 1.29 is 14.4 Å². The lowest BCUT2D eigenvalue weighted by atomic mass is 9.83. The molecule has 0 aliphatic carbocycles. The summed E-state index contributed by atoms with van der Waals surface area (Å²) in [6.45, 7) is 0.180. The molecule has 1 aromatic carbocycles. The van der Waals surface area contributed by atoms with Gasteiger partial charge in [-0.2, -0.15) is 5.10 Å². The number of nitrogens with zero attached hydrogens (tertiary/aromatic N) is 2. The van der Waals surface area contributed by atoms with E-state index in [1.165, 1.54) is 35.3 Å². The van der Waals surface area contributed by atoms with Crippen molar-refractivity contribution in [2.45, 2.75) is 6.54 Å². The van der Waals surface area contributed by atoms with Gasteiger partial charge >= 0.3 is 7.12 Å². The van der Waals surface area contributed by atoms with E-state index in [1.54, 1.807) is 0 Å². The number of aromatic nitrogens is 2. The first kappa shape index (κ1) is 12.1. The van der Waals surface area contributed by atoms with Gasteiger partial charge in [0.15, 0.2) is 0 Å². The second-order valence-electron chi connectivity index (χ2n) is 3.58. The average Bonchev–Trinajstić information content (AvgIpc) is 2.72. The van der Waals surface area contributed by atoms with Crippen molar-refractivity contribution in [3.05, 3.63) is 47.0 Å². The van der Waals surface area contributed by atoms with Gasteiger partial charge in [0, 0.05) is 28.4 Å². The van der Waals surface area contributed by atoms with E-state index in [1.807, 2.05) is 0 Å². The van der Waals surface area contributed by atoms with Gasteiger partial charge in [0.2, 0.25) is 0 Å². The molecule has 88 valence electrons. The fourth-order valence-corrected chi connectivity index (χ4v) is 1.63. The number of rotatable bonds is 3. The second-order valence-corrected chi connectivity index (χ2v) is 4.02. The predicted octanol–water partition coefficient (Wildman–Crippen LogP) is 0.404. The molecule has 1 heterocycles. The maximum atomic E-state index is 13.4. The zero-order chi connectivity index (χ0) is 12.4. The standard InChI is InChI=1S/C10H9BClFN2O2/c12-9-1-2-10(13)7(3-9)5-15-6-8(4-14-15)11(16)17/h1-4,6,16-17H,5H2. The van der Waals surface area contributed by atoms with Crippen LogP contribution in [0, 0.1) is 5.82 Å². The highest BCUT2D eigenvalue weighted by Gasteiger charge is 2.13. The summed E-state index contributed by atoms with van der Waals surface area (Å²) in [4.78, 5) is 0. The summed E-state index contributed by atoms with van der Waals surface area (Å²) in [5, 5.41) is 22.1. The minimum atomic E-state index is -1.58. The number of halogens is 2. The number of benzene rings is 1. The molecule has 4 nitrogen and oxygen atoms in total. The molecule has 0 radical (unpaired) electrons. The van der Waals surface area contributed by atoms with Crippen molar-refractivity contribution in [1.29, 1.82) is 0 Å². The van der Waals surface area contributed by atoms with Gasteiger partial charge in [-0.3, -0.25) is 4.68 Å². The Kier molecular flexibility index (Phi) is 3.47. The van der Waals surface area contributed by atoms with E-state index < -0.39 is 7.12 Å². The lowest BCUT2D eigenvalue weighted by Crippen LogP contribution is -2.28. The minimum absolute atomic E-state index is 0.180. The van der Waals surface area contributed by atoms with Crippen LogP contribution in [0.5, 0.6) is 0 Å². The van der Waals surface area contributed by atoms with E-state index >= 15 is 0 Å². The number of hydrogen-bond donors (Lipinski definition) is 2. The molecule has 7 heteroatoms. The molecule has 0 atom stereocenters. The van der Waals surface area contributed by atoms with Gasteiger partial charge in [0.25, 0.3) is 0 Å². The summed E-state index contributed by atoms with van der Waals surface area (Å²) in [6.07, 6.45) is 2.75. The molecule has 0 fully saturated rings. The van der Waals surface area contributed by atoms with Crippen LogP contribution in [0.15, 0.2) is 30.6 Å². The summed E-state index contributed by atoms with van der Waals surface area (Å²) in [6, 6.07) is 4.25. The van der Waals surface area contributed by atoms with Crippen molar-refractivity contribution in [2.75, 3.05) is 0 Å². The Morgan fingerprint density at radius 1 is 1.41 bits per heavy atom. The monoisotopic (exact) mass is 254 g/mol. The molecule has 0 bridgehead atoms. The zero-order valence-electron chi connectivity index (χ0n) is 8.72. The minimum Gasteiger partial charge on any atom is -0.423 e. The molecule has 1 aromatic heterocycles. The first-order valence-electron chi connectivity index (χ1n) is 4.88. The van der Waals surface area contributed by atoms with E-state index in [2.05, 4.69) is 5.10 Å². The first-order valence-corrected chi connectivity index (χ1v) is 5.26. The lowest BCUT2D eigenvalue weighted by molar-refractivity contribution is 0.425. The third kappa shape index (κ3) is 2.85. The number of hydrogen-bond acceptors (Lipinski definition) is 3. The Labute approximate surface area is 102 Å². The van der Waals surface area contributed by atoms with Crippen LogP contribution in [-0.2, 0) is 6.54 Å². The van der Waals surface area contributed by atoms with Gasteiger partial charge in [-0.15, -0.1) is 0 Å². The van der Waals surface area contributed by atoms with Crippen LogP contribution in [0.25, 0.3) is 0 Å². The van der Waals surface area contributed by atoms with E-state index in [0.717, 1.165) is 0 Å². The fourth-order valence-electron chi connectivity index (χ4n) is 1.44. The summed E-state index contributed by atoms with van der Waals surface area (Å²) >= 11 is 5.76. The molecular weight excluding hydrogens is 245 g/mol. The van der Waals surface area contributed by atoms with E-state index in [4.69, 9.17) is 21.6 Å². The highest BCUT2D eigenvalue weighted by Crippen LogP contribution is 2.15. The van der Waals surface area contributed by atoms with Gasteiger partial charge in [-0.05, 0) is 18.2 Å². The Balaban J connectivity index is 2.22. The molecule has 0 saturated heterocycles. The Hall–Kier alpha value is -1.37. The van der Waals surface area contributed by atoms with Crippen molar-refractivity contribution >= 4 is 24.2 Å². The Bertz CT molecular complexity index is 533. The predicted molar refractivity (Wildman–Crippen MR) is 62.6 cm³/mol. The van der Waals surface area contributed by atoms with Gasteiger partial charge in [0.05, 0.1) is 6.54 Å². The average molecular weight is 254 g/mol. The molecular formula is C10H9BClFN2O2. The van der Waals surface area contributed by atoms with Crippen LogP contribution in [0.4, 0.5) is 4.39 Å². The summed E-state index contributed by atoms with van der Waals surface area (Å²) in [5.41, 5.74) is 0.645. The van der Waals surface area contributed by atoms with Crippen molar-refractivity contribution in [3.8, 4) is 0 Å². The third-order valence-electron chi connectivity index (χ3n) is 2.29. The molecule has 0 aliphatic heterocycles. The van der Waals surface area contributed by atoms with Crippen molar-refractivity contribution in [3.63, 3.8) is 0 Å². The molecule has 2 rings (SSSR count). The van der Waals surface area contributed by atoms with E-state index in [-0.39, 0.29) is 17.8 Å². The lowest BCUT2D eigenvalue weighted by Gasteiger charge is -2.04. The molecule has 0 saturated carbocycles. The smallest absolute Gasteiger partial charge is 0.423 e. The molecule has 0 spiro atoms. The maximum absolute atomic E-state index is 13.4. The molecule has 0 aliphatic rings. The van der Waals surface area contributed by atoms with Gasteiger partial charge in [0.1, 0.15) is 5.82 Å². The zero-order valence-corrected chi connectivity index (χ0v) is 9.47. The maximum Gasteiger partial charge on any atom is 0.491 e. The summed E-state index contributed by atoms with van der Waals surface area (Å²) in [7, 11) is -1.58. The molecule has 17 heavy (non-hydrogen) atoms. The molecule has 0 amide bonds. The van der Waals surface area contributed by atoms with Gasteiger partial charge in [-0.1, -0.05) is 11.6 Å². The SMILES string of the molecule is OB(O)c1cnn(Cc2cc(Cl)ccc2F)c1. The van der Waals surface area contributed by atoms with Crippen LogP contribution < -0.4 is 5.46 Å². The fraction of sp³-hybridized carbons (Fsp3) is 0.100. The van der Waals surface area contributed by atoms with Gasteiger partial charge in [-0.25, -0.2) is 4.39 Å². The Morgan fingerprint density at radius 3 is 2.82 bits per heavy atom. The first-order chi connectivity index (χ1) is 8.06. The highest BCUT2D eigenvalue weighted by atomic mass is 35.5. The van der Waals surface area contributed by atoms with Crippen LogP contribution in [0.1, 0.15) is 5.56 Å². The topological polar surface area (TPSA) is 58.3 Å².